The zero-order chi connectivity index (χ0) is 27.4. The molecule has 10 nitrogen and oxygen atoms in total. The fourth-order valence-corrected chi connectivity index (χ4v) is 5.12. The summed E-state index contributed by atoms with van der Waals surface area (Å²) in [7, 11) is 1.53. The predicted molar refractivity (Wildman–Crippen MR) is 147 cm³/mol. The van der Waals surface area contributed by atoms with Crippen molar-refractivity contribution in [2.75, 3.05) is 50.1 Å². The highest BCUT2D eigenvalue weighted by molar-refractivity contribution is 6.04. The Kier molecular flexibility index (Phi) is 8.04. The van der Waals surface area contributed by atoms with Crippen molar-refractivity contribution in [1.29, 1.82) is 0 Å². The Bertz CT molecular complexity index is 1320. The molecule has 1 aromatic heterocycles. The number of nitrogens with zero attached hydrogens (tertiary/aromatic N) is 4. The van der Waals surface area contributed by atoms with Crippen molar-refractivity contribution in [3.05, 3.63) is 77.0 Å². The predicted octanol–water partition coefficient (Wildman–Crippen LogP) is 2.99. The number of rotatable bonds is 9. The van der Waals surface area contributed by atoms with Crippen molar-refractivity contribution < 1.29 is 19.1 Å². The standard InChI is InChI=1S/C29H34N6O4/c1-20(36)12-13-33-14-16-34(17-15-33)23-10-8-22(9-11-23)28(37)30-27-24-18-35(19-25(24)31-32-27)29(38)26(39-2)21-6-4-3-5-7-21/h3-11,26H,12-19H2,1-2H3,(H2,30,31,32,37)/t26-/m0/s1. The number of aromatic nitrogens is 2. The maximum Gasteiger partial charge on any atom is 0.256 e. The minimum Gasteiger partial charge on any atom is -0.369 e. The van der Waals surface area contributed by atoms with E-state index in [4.69, 9.17) is 4.74 Å². The van der Waals surface area contributed by atoms with E-state index in [0.717, 1.165) is 55.2 Å². The molecule has 0 unspecified atom stereocenters. The summed E-state index contributed by atoms with van der Waals surface area (Å²) < 4.78 is 5.51. The van der Waals surface area contributed by atoms with E-state index in [2.05, 4.69) is 25.3 Å². The third-order valence-electron chi connectivity index (χ3n) is 7.40. The van der Waals surface area contributed by atoms with Gasteiger partial charge in [0.25, 0.3) is 11.8 Å². The molecule has 10 heteroatoms. The second-order valence-electron chi connectivity index (χ2n) is 10.0. The Labute approximate surface area is 227 Å². The Balaban J connectivity index is 1.17. The highest BCUT2D eigenvalue weighted by atomic mass is 16.5. The van der Waals surface area contributed by atoms with E-state index in [9.17, 15) is 14.4 Å². The second kappa shape index (κ2) is 11.8. The first-order chi connectivity index (χ1) is 18.9. The van der Waals surface area contributed by atoms with Crippen molar-refractivity contribution in [2.45, 2.75) is 32.5 Å². The molecule has 0 aliphatic carbocycles. The molecule has 2 aromatic carbocycles. The average molecular weight is 531 g/mol. The van der Waals surface area contributed by atoms with Crippen LogP contribution in [0.15, 0.2) is 54.6 Å². The van der Waals surface area contributed by atoms with Crippen LogP contribution in [0.5, 0.6) is 0 Å². The molecule has 0 saturated carbocycles. The van der Waals surface area contributed by atoms with Gasteiger partial charge < -0.3 is 19.9 Å². The number of carbonyl (C=O) groups excluding carboxylic acids is 3. The smallest absolute Gasteiger partial charge is 0.256 e. The molecule has 3 heterocycles. The van der Waals surface area contributed by atoms with E-state index < -0.39 is 6.10 Å². The van der Waals surface area contributed by atoms with Crippen molar-refractivity contribution >= 4 is 29.1 Å². The zero-order valence-corrected chi connectivity index (χ0v) is 22.4. The number of ether oxygens (including phenoxy) is 1. The number of hydrogen-bond donors (Lipinski definition) is 2. The van der Waals surface area contributed by atoms with Gasteiger partial charge in [-0.25, -0.2) is 0 Å². The molecule has 0 bridgehead atoms. The van der Waals surface area contributed by atoms with Crippen LogP contribution in [0.1, 0.15) is 46.6 Å². The number of H-pyrrole nitrogens is 1. The molecule has 0 radical (unpaired) electrons. The number of carbonyl (C=O) groups is 3. The summed E-state index contributed by atoms with van der Waals surface area (Å²) >= 11 is 0. The number of benzene rings is 2. The fraction of sp³-hybridized carbons (Fsp3) is 0.379. The molecule has 2 aliphatic heterocycles. The van der Waals surface area contributed by atoms with Gasteiger partial charge in [0.2, 0.25) is 0 Å². The topological polar surface area (TPSA) is 111 Å². The summed E-state index contributed by atoms with van der Waals surface area (Å²) in [6, 6.07) is 17.0. The number of methoxy groups -OCH3 is 1. The highest BCUT2D eigenvalue weighted by Crippen LogP contribution is 2.31. The van der Waals surface area contributed by atoms with Gasteiger partial charge in [0.15, 0.2) is 11.9 Å². The lowest BCUT2D eigenvalue weighted by molar-refractivity contribution is -0.143. The average Bonchev–Trinajstić information content (AvgIpc) is 3.55. The van der Waals surface area contributed by atoms with E-state index in [1.54, 1.807) is 11.8 Å². The minimum atomic E-state index is -0.691. The van der Waals surface area contributed by atoms with Crippen LogP contribution >= 0.6 is 0 Å². The number of Topliss-reactive ketones (excluding diaryl/α,β-unsaturated/α-hetero) is 1. The van der Waals surface area contributed by atoms with Gasteiger partial charge in [0.05, 0.1) is 18.8 Å². The SMILES string of the molecule is CO[C@H](C(=O)N1Cc2[nH]nc(NC(=O)c3ccc(N4CCN(CCC(C)=O)CC4)cc3)c2C1)c1ccccc1. The van der Waals surface area contributed by atoms with Gasteiger partial charge in [-0.1, -0.05) is 30.3 Å². The van der Waals surface area contributed by atoms with E-state index in [0.29, 0.717) is 30.9 Å². The van der Waals surface area contributed by atoms with Crippen LogP contribution < -0.4 is 10.2 Å². The Morgan fingerprint density at radius 3 is 2.38 bits per heavy atom. The van der Waals surface area contributed by atoms with Crippen LogP contribution in [0.4, 0.5) is 11.5 Å². The molecule has 0 spiro atoms. The Hall–Kier alpha value is -4.02. The molecule has 2 amide bonds. The van der Waals surface area contributed by atoms with E-state index in [1.165, 1.54) is 7.11 Å². The maximum atomic E-state index is 13.2. The lowest BCUT2D eigenvalue weighted by atomic mass is 10.1. The van der Waals surface area contributed by atoms with Gasteiger partial charge in [-0.05, 0) is 36.8 Å². The minimum absolute atomic E-state index is 0.138. The van der Waals surface area contributed by atoms with Crippen molar-refractivity contribution in [3.8, 4) is 0 Å². The number of ketones is 1. The number of piperazine rings is 1. The second-order valence-corrected chi connectivity index (χ2v) is 10.0. The zero-order valence-electron chi connectivity index (χ0n) is 22.4. The third-order valence-corrected chi connectivity index (χ3v) is 7.40. The normalized spacial score (nSPS) is 16.2. The first-order valence-corrected chi connectivity index (χ1v) is 13.2. The number of amides is 2. The Morgan fingerprint density at radius 1 is 1.00 bits per heavy atom. The molecule has 1 fully saturated rings. The number of aromatic amines is 1. The first kappa shape index (κ1) is 26.6. The lowest BCUT2D eigenvalue weighted by Gasteiger charge is -2.36. The van der Waals surface area contributed by atoms with Gasteiger partial charge in [0, 0.05) is 63.1 Å². The third kappa shape index (κ3) is 6.02. The number of hydrogen-bond acceptors (Lipinski definition) is 7. The lowest BCUT2D eigenvalue weighted by Crippen LogP contribution is -2.46. The van der Waals surface area contributed by atoms with Gasteiger partial charge in [-0.15, -0.1) is 0 Å². The molecule has 1 atom stereocenters. The fourth-order valence-electron chi connectivity index (χ4n) is 5.12. The molecule has 39 heavy (non-hydrogen) atoms. The summed E-state index contributed by atoms with van der Waals surface area (Å²) in [6.45, 7) is 6.74. The molecule has 5 rings (SSSR count). The molecular weight excluding hydrogens is 496 g/mol. The van der Waals surface area contributed by atoms with Crippen LogP contribution in [-0.4, -0.2) is 77.4 Å². The monoisotopic (exact) mass is 530 g/mol. The molecule has 204 valence electrons. The quantitative estimate of drug-likeness (QED) is 0.438. The summed E-state index contributed by atoms with van der Waals surface area (Å²) in [6.07, 6.45) is -0.0955. The van der Waals surface area contributed by atoms with Gasteiger partial charge in [-0.3, -0.25) is 24.4 Å². The van der Waals surface area contributed by atoms with Gasteiger partial charge in [0.1, 0.15) is 5.78 Å². The summed E-state index contributed by atoms with van der Waals surface area (Å²) in [5.74, 6) is 0.263. The Morgan fingerprint density at radius 2 is 1.72 bits per heavy atom. The van der Waals surface area contributed by atoms with Crippen molar-refractivity contribution in [1.82, 2.24) is 20.0 Å². The number of nitrogens with one attached hydrogen (secondary N) is 2. The molecule has 3 aromatic rings. The number of anilines is 2. The van der Waals surface area contributed by atoms with E-state index >= 15 is 0 Å². The van der Waals surface area contributed by atoms with Gasteiger partial charge in [-0.2, -0.15) is 5.10 Å². The highest BCUT2D eigenvalue weighted by Gasteiger charge is 2.33. The summed E-state index contributed by atoms with van der Waals surface area (Å²) in [5.41, 5.74) is 4.01. The van der Waals surface area contributed by atoms with Crippen LogP contribution in [0.25, 0.3) is 0 Å². The van der Waals surface area contributed by atoms with E-state index in [-0.39, 0.29) is 17.6 Å². The van der Waals surface area contributed by atoms with Crippen molar-refractivity contribution in [2.24, 2.45) is 0 Å². The summed E-state index contributed by atoms with van der Waals surface area (Å²) in [5, 5.41) is 10.2. The largest absolute Gasteiger partial charge is 0.369 e. The van der Waals surface area contributed by atoms with E-state index in [1.807, 2.05) is 54.6 Å². The molecule has 1 saturated heterocycles. The van der Waals surface area contributed by atoms with Crippen LogP contribution in [0.2, 0.25) is 0 Å². The van der Waals surface area contributed by atoms with Gasteiger partial charge >= 0.3 is 0 Å². The first-order valence-electron chi connectivity index (χ1n) is 13.2. The maximum absolute atomic E-state index is 13.2. The van der Waals surface area contributed by atoms with Crippen LogP contribution in [-0.2, 0) is 27.4 Å². The molecule has 2 aliphatic rings. The molecular formula is C29H34N6O4. The van der Waals surface area contributed by atoms with Crippen molar-refractivity contribution in [3.63, 3.8) is 0 Å². The summed E-state index contributed by atoms with van der Waals surface area (Å²) in [4.78, 5) is 43.8. The van der Waals surface area contributed by atoms with Crippen LogP contribution in [0, 0.1) is 0 Å². The molecule has 2 N–H and O–H groups in total. The number of fused-ring (bicyclic) bond motifs is 1. The van der Waals surface area contributed by atoms with Crippen LogP contribution in [0.3, 0.4) is 0 Å².